The lowest BCUT2D eigenvalue weighted by molar-refractivity contribution is 0.0361. The van der Waals surface area contributed by atoms with Crippen LogP contribution in [0.15, 0.2) is 6.20 Å². The zero-order chi connectivity index (χ0) is 8.10. The van der Waals surface area contributed by atoms with Gasteiger partial charge in [0.1, 0.15) is 0 Å². The third-order valence-corrected chi connectivity index (χ3v) is 1.38. The van der Waals surface area contributed by atoms with Crippen LogP contribution in [0.2, 0.25) is 0 Å². The van der Waals surface area contributed by atoms with Crippen LogP contribution in [-0.2, 0) is 4.84 Å². The molecule has 6 heteroatoms. The van der Waals surface area contributed by atoms with Crippen LogP contribution >= 0.6 is 11.7 Å². The van der Waals surface area contributed by atoms with Crippen molar-refractivity contribution in [3.05, 3.63) is 11.9 Å². The predicted octanol–water partition coefficient (Wildman–Crippen LogP) is 0.219. The largest absolute Gasteiger partial charge is 0.296 e. The van der Waals surface area contributed by atoms with Gasteiger partial charge in [0.15, 0.2) is 5.69 Å². The van der Waals surface area contributed by atoms with Crippen LogP contribution in [0.1, 0.15) is 17.4 Å². The van der Waals surface area contributed by atoms with E-state index in [0.717, 1.165) is 11.7 Å². The fourth-order valence-corrected chi connectivity index (χ4v) is 0.867. The van der Waals surface area contributed by atoms with Gasteiger partial charge in [0.05, 0.1) is 24.5 Å². The van der Waals surface area contributed by atoms with Gasteiger partial charge in [-0.1, -0.05) is 0 Å². The summed E-state index contributed by atoms with van der Waals surface area (Å²) in [4.78, 5) is 15.6. The maximum absolute atomic E-state index is 10.9. The highest BCUT2D eigenvalue weighted by Gasteiger charge is 2.06. The number of nitrogens with one attached hydrogen (secondary N) is 1. The number of hydroxylamine groups is 1. The van der Waals surface area contributed by atoms with E-state index in [9.17, 15) is 4.79 Å². The van der Waals surface area contributed by atoms with Crippen molar-refractivity contribution >= 4 is 17.6 Å². The van der Waals surface area contributed by atoms with E-state index in [0.29, 0.717) is 6.61 Å². The van der Waals surface area contributed by atoms with Gasteiger partial charge < -0.3 is 0 Å². The highest BCUT2D eigenvalue weighted by atomic mass is 32.1. The summed E-state index contributed by atoms with van der Waals surface area (Å²) in [7, 11) is 0. The minimum Gasteiger partial charge on any atom is -0.274 e. The smallest absolute Gasteiger partial charge is 0.274 e. The van der Waals surface area contributed by atoms with Crippen molar-refractivity contribution in [2.45, 2.75) is 6.92 Å². The van der Waals surface area contributed by atoms with Crippen molar-refractivity contribution in [3.8, 4) is 0 Å². The molecule has 11 heavy (non-hydrogen) atoms. The van der Waals surface area contributed by atoms with Crippen molar-refractivity contribution in [1.29, 1.82) is 0 Å². The van der Waals surface area contributed by atoms with Gasteiger partial charge in [-0.15, -0.1) is 0 Å². The average molecular weight is 173 g/mol. The van der Waals surface area contributed by atoms with E-state index in [2.05, 4.69) is 19.1 Å². The van der Waals surface area contributed by atoms with E-state index in [-0.39, 0.29) is 11.6 Å². The highest BCUT2D eigenvalue weighted by Crippen LogP contribution is 1.93. The van der Waals surface area contributed by atoms with E-state index < -0.39 is 0 Å². The Bertz CT molecular complexity index is 224. The number of aromatic nitrogens is 2. The maximum atomic E-state index is 10.9. The summed E-state index contributed by atoms with van der Waals surface area (Å²) in [6, 6.07) is 0. The summed E-state index contributed by atoms with van der Waals surface area (Å²) < 4.78 is 7.37. The quantitative estimate of drug-likeness (QED) is 0.664. The minimum absolute atomic E-state index is 0.281. The molecule has 0 radical (unpaired) electrons. The first kappa shape index (κ1) is 8.09. The number of carbonyl (C=O) groups is 1. The molecule has 1 aromatic rings. The Labute approximate surface area is 67.7 Å². The molecule has 1 aromatic heterocycles. The monoisotopic (exact) mass is 173 g/mol. The lowest BCUT2D eigenvalue weighted by Crippen LogP contribution is -2.23. The zero-order valence-electron chi connectivity index (χ0n) is 5.90. The van der Waals surface area contributed by atoms with Crippen LogP contribution in [0.3, 0.4) is 0 Å². The van der Waals surface area contributed by atoms with Crippen molar-refractivity contribution in [2.75, 3.05) is 6.61 Å². The molecule has 0 spiro atoms. The van der Waals surface area contributed by atoms with E-state index in [1.165, 1.54) is 6.20 Å². The first-order chi connectivity index (χ1) is 5.34. The molecule has 0 saturated heterocycles. The Balaban J connectivity index is 2.43. The zero-order valence-corrected chi connectivity index (χ0v) is 6.72. The summed E-state index contributed by atoms with van der Waals surface area (Å²) in [6.07, 6.45) is 1.39. The molecule has 0 saturated carbocycles. The second-order valence-electron chi connectivity index (χ2n) is 1.66. The SMILES string of the molecule is CCONC(=O)c1cnsn1. The molecule has 0 aliphatic rings. The normalized spacial score (nSPS) is 9.55. The summed E-state index contributed by atoms with van der Waals surface area (Å²) in [6.45, 7) is 2.21. The van der Waals surface area contributed by atoms with Crippen LogP contribution in [0, 0.1) is 0 Å². The van der Waals surface area contributed by atoms with Gasteiger partial charge >= 0.3 is 0 Å². The number of hydrogen-bond donors (Lipinski definition) is 1. The molecule has 5 nitrogen and oxygen atoms in total. The predicted molar refractivity (Wildman–Crippen MR) is 39.0 cm³/mol. The molecule has 0 aromatic carbocycles. The van der Waals surface area contributed by atoms with Crippen molar-refractivity contribution < 1.29 is 9.63 Å². The van der Waals surface area contributed by atoms with Gasteiger partial charge in [-0.05, 0) is 6.92 Å². The summed E-state index contributed by atoms with van der Waals surface area (Å²) in [5.41, 5.74) is 2.48. The van der Waals surface area contributed by atoms with Gasteiger partial charge in [0.2, 0.25) is 0 Å². The third-order valence-electron chi connectivity index (χ3n) is 0.903. The fourth-order valence-electron chi connectivity index (χ4n) is 0.455. The molecule has 1 heterocycles. The Morgan fingerprint density at radius 2 is 2.73 bits per heavy atom. The van der Waals surface area contributed by atoms with Crippen molar-refractivity contribution in [3.63, 3.8) is 0 Å². The molecule has 0 aliphatic carbocycles. The number of carbonyl (C=O) groups excluding carboxylic acids is 1. The number of amides is 1. The minimum atomic E-state index is -0.361. The number of nitrogens with zero attached hydrogens (tertiary/aromatic N) is 2. The lowest BCUT2D eigenvalue weighted by Gasteiger charge is -1.98. The topological polar surface area (TPSA) is 64.1 Å². The van der Waals surface area contributed by atoms with Crippen molar-refractivity contribution in [1.82, 2.24) is 14.2 Å². The van der Waals surface area contributed by atoms with E-state index in [4.69, 9.17) is 0 Å². The van der Waals surface area contributed by atoms with Crippen LogP contribution in [0.5, 0.6) is 0 Å². The molecule has 1 N–H and O–H groups in total. The average Bonchev–Trinajstić information content (AvgIpc) is 2.52. The third kappa shape index (κ3) is 2.24. The van der Waals surface area contributed by atoms with E-state index in [1.54, 1.807) is 6.92 Å². The van der Waals surface area contributed by atoms with Gasteiger partial charge in [-0.25, -0.2) is 5.48 Å². The second kappa shape index (κ2) is 3.99. The number of rotatable bonds is 3. The van der Waals surface area contributed by atoms with Crippen LogP contribution in [0.4, 0.5) is 0 Å². The molecule has 0 bridgehead atoms. The van der Waals surface area contributed by atoms with Crippen LogP contribution < -0.4 is 5.48 Å². The maximum Gasteiger partial charge on any atom is 0.296 e. The molecule has 0 unspecified atom stereocenters. The molecule has 1 amide bonds. The Kier molecular flexibility index (Phi) is 2.94. The summed E-state index contributed by atoms with van der Waals surface area (Å²) in [5, 5.41) is 0. The first-order valence-corrected chi connectivity index (χ1v) is 3.77. The highest BCUT2D eigenvalue weighted by molar-refractivity contribution is 6.99. The first-order valence-electron chi connectivity index (χ1n) is 3.04. The van der Waals surface area contributed by atoms with Gasteiger partial charge in [-0.3, -0.25) is 9.63 Å². The van der Waals surface area contributed by atoms with Crippen molar-refractivity contribution in [2.24, 2.45) is 0 Å². The Hall–Kier alpha value is -1.01. The summed E-state index contributed by atoms with van der Waals surface area (Å²) in [5.74, 6) is -0.361. The van der Waals surface area contributed by atoms with Crippen LogP contribution in [0.25, 0.3) is 0 Å². The standard InChI is InChI=1S/C5H7N3O2S/c1-2-10-7-5(9)4-3-6-11-8-4/h3H,2H2,1H3,(H,7,9). The molecule has 0 fully saturated rings. The molecular formula is C5H7N3O2S. The van der Waals surface area contributed by atoms with Gasteiger partial charge in [0.25, 0.3) is 5.91 Å². The van der Waals surface area contributed by atoms with E-state index in [1.807, 2.05) is 0 Å². The van der Waals surface area contributed by atoms with Gasteiger partial charge in [0, 0.05) is 0 Å². The Morgan fingerprint density at radius 3 is 3.27 bits per heavy atom. The molecule has 0 atom stereocenters. The Morgan fingerprint density at radius 1 is 1.91 bits per heavy atom. The molecular weight excluding hydrogens is 166 g/mol. The lowest BCUT2D eigenvalue weighted by atomic mass is 10.5. The fraction of sp³-hybridized carbons (Fsp3) is 0.400. The molecule has 1 rings (SSSR count). The molecule has 0 aliphatic heterocycles. The number of hydrogen-bond acceptors (Lipinski definition) is 5. The van der Waals surface area contributed by atoms with Crippen LogP contribution in [-0.4, -0.2) is 21.3 Å². The summed E-state index contributed by atoms with van der Waals surface area (Å²) >= 11 is 0.985. The van der Waals surface area contributed by atoms with E-state index >= 15 is 0 Å². The second-order valence-corrected chi connectivity index (χ2v) is 2.21. The van der Waals surface area contributed by atoms with Gasteiger partial charge in [-0.2, -0.15) is 8.75 Å². The molecule has 60 valence electrons.